The van der Waals surface area contributed by atoms with Gasteiger partial charge in [-0.3, -0.25) is 4.58 Å². The smallest absolute Gasteiger partial charge is 0.430 e. The number of amidine groups is 1. The minimum atomic E-state index is -5.19. The van der Waals surface area contributed by atoms with Gasteiger partial charge in [-0.15, -0.1) is 0 Å². The molecule has 0 aromatic heterocycles. The summed E-state index contributed by atoms with van der Waals surface area (Å²) in [4.78, 5) is 13.4. The highest BCUT2D eigenvalue weighted by Crippen LogP contribution is 2.13. The van der Waals surface area contributed by atoms with Gasteiger partial charge in [0.25, 0.3) is 11.8 Å². The number of carbonyl (C=O) groups excluding carboxylic acids is 1. The van der Waals surface area contributed by atoms with Crippen molar-refractivity contribution in [3.8, 4) is 0 Å². The van der Waals surface area contributed by atoms with Crippen molar-refractivity contribution >= 4 is 17.8 Å². The molecule has 0 spiro atoms. The maximum atomic E-state index is 10.5. The molecule has 0 amide bonds. The van der Waals surface area contributed by atoms with Crippen LogP contribution in [0.3, 0.4) is 0 Å². The largest absolute Gasteiger partial charge is 0.542 e. The van der Waals surface area contributed by atoms with Gasteiger partial charge in [0.15, 0.2) is 0 Å². The predicted molar refractivity (Wildman–Crippen MR) is 97.8 cm³/mol. The number of rotatable bonds is 4. The Kier molecular flexibility index (Phi) is 7.42. The normalized spacial score (nSPS) is 20.2. The SMILES string of the molecule is CC(C)CN=C1NC2=[N+](Cc3ccccc3)CCCC2N1.O=C([O-])C(F)(F)F. The summed E-state index contributed by atoms with van der Waals surface area (Å²) in [5, 5.41) is 15.8. The van der Waals surface area contributed by atoms with Crippen molar-refractivity contribution in [2.45, 2.75) is 45.5 Å². The Labute approximate surface area is 162 Å². The molecule has 1 saturated heterocycles. The van der Waals surface area contributed by atoms with Crippen LogP contribution in [-0.4, -0.2) is 47.6 Å². The van der Waals surface area contributed by atoms with Crippen LogP contribution in [0, 0.1) is 5.92 Å². The zero-order chi connectivity index (χ0) is 20.7. The topological polar surface area (TPSA) is 79.6 Å². The Hall–Kier alpha value is -2.58. The molecule has 0 radical (unpaired) electrons. The highest BCUT2D eigenvalue weighted by atomic mass is 19.4. The third-order valence-corrected chi connectivity index (χ3v) is 4.21. The predicted octanol–water partition coefficient (Wildman–Crippen LogP) is 1.26. The van der Waals surface area contributed by atoms with Crippen LogP contribution in [0.15, 0.2) is 35.3 Å². The van der Waals surface area contributed by atoms with Gasteiger partial charge in [-0.1, -0.05) is 44.2 Å². The molecule has 6 nitrogen and oxygen atoms in total. The zero-order valence-electron chi connectivity index (χ0n) is 15.9. The molecule has 0 bridgehead atoms. The van der Waals surface area contributed by atoms with Gasteiger partial charge in [-0.2, -0.15) is 13.2 Å². The number of guanidine groups is 1. The number of aliphatic imine (C=N–C) groups is 1. The number of hydrogen-bond acceptors (Lipinski definition) is 3. The Morgan fingerprint density at radius 2 is 1.96 bits per heavy atom. The molecule has 154 valence electrons. The lowest BCUT2D eigenvalue weighted by atomic mass is 10.1. The molecule has 2 aliphatic heterocycles. The number of carboxylic acids is 1. The van der Waals surface area contributed by atoms with E-state index in [0.717, 1.165) is 25.6 Å². The molecule has 2 heterocycles. The molecule has 3 rings (SSSR count). The average Bonchev–Trinajstić information content (AvgIpc) is 3.05. The fourth-order valence-corrected chi connectivity index (χ4v) is 2.92. The molecular weight excluding hydrogens is 373 g/mol. The number of carboxylic acid groups (broad SMARTS) is 1. The number of carbonyl (C=O) groups is 1. The summed E-state index contributed by atoms with van der Waals surface area (Å²) in [5.74, 6) is -0.169. The highest BCUT2D eigenvalue weighted by Gasteiger charge is 2.37. The van der Waals surface area contributed by atoms with Crippen LogP contribution >= 0.6 is 0 Å². The van der Waals surface area contributed by atoms with Crippen LogP contribution in [0.4, 0.5) is 13.2 Å². The van der Waals surface area contributed by atoms with Gasteiger partial charge in [0.05, 0.1) is 6.54 Å². The molecular formula is C19H25F3N4O2. The Balaban J connectivity index is 0.000000345. The van der Waals surface area contributed by atoms with Crippen LogP contribution in [-0.2, 0) is 11.3 Å². The van der Waals surface area contributed by atoms with E-state index in [1.165, 1.54) is 24.2 Å². The zero-order valence-corrected chi connectivity index (χ0v) is 15.9. The second kappa shape index (κ2) is 9.57. The summed E-state index contributed by atoms with van der Waals surface area (Å²) in [6.07, 6.45) is -2.78. The molecule has 0 aliphatic carbocycles. The standard InChI is InChI=1S/C17H24N4.C2HF3O2/c1-13(2)11-18-17-19-15-9-6-10-21(16(15)20-17)12-14-7-4-3-5-8-14;3-2(4,5)1(6)7/h3-5,7-8,13,15H,6,9-12H2,1-2H3,(H,18,19);(H,6,7). The molecule has 0 saturated carbocycles. The lowest BCUT2D eigenvalue weighted by Gasteiger charge is -2.18. The molecule has 2 aliphatic rings. The fraction of sp³-hybridized carbons (Fsp3) is 0.526. The van der Waals surface area contributed by atoms with E-state index in [2.05, 4.69) is 64.4 Å². The average molecular weight is 398 g/mol. The number of aliphatic carboxylic acids is 1. The summed E-state index contributed by atoms with van der Waals surface area (Å²) in [6.45, 7) is 7.35. The quantitative estimate of drug-likeness (QED) is 0.749. The first-order valence-corrected chi connectivity index (χ1v) is 9.18. The number of nitrogens with one attached hydrogen (secondary N) is 2. The maximum Gasteiger partial charge on any atom is 0.430 e. The van der Waals surface area contributed by atoms with Crippen molar-refractivity contribution < 1.29 is 27.6 Å². The molecule has 1 fully saturated rings. The van der Waals surface area contributed by atoms with E-state index in [-0.39, 0.29) is 0 Å². The monoisotopic (exact) mass is 398 g/mol. The van der Waals surface area contributed by atoms with E-state index in [0.29, 0.717) is 12.0 Å². The first kappa shape index (κ1) is 21.7. The van der Waals surface area contributed by atoms with Crippen LogP contribution < -0.4 is 15.7 Å². The van der Waals surface area contributed by atoms with Gasteiger partial charge >= 0.3 is 6.18 Å². The van der Waals surface area contributed by atoms with Gasteiger partial charge in [0, 0.05) is 6.54 Å². The Morgan fingerprint density at radius 1 is 1.32 bits per heavy atom. The second-order valence-corrected chi connectivity index (χ2v) is 7.12. The number of fused-ring (bicyclic) bond motifs is 1. The maximum absolute atomic E-state index is 10.5. The molecule has 2 N–H and O–H groups in total. The van der Waals surface area contributed by atoms with Crippen molar-refractivity contribution in [1.29, 1.82) is 0 Å². The highest BCUT2D eigenvalue weighted by molar-refractivity contribution is 6.07. The van der Waals surface area contributed by atoms with Crippen LogP contribution in [0.1, 0.15) is 32.3 Å². The van der Waals surface area contributed by atoms with Crippen LogP contribution in [0.25, 0.3) is 0 Å². The van der Waals surface area contributed by atoms with Crippen LogP contribution in [0.5, 0.6) is 0 Å². The molecule has 1 atom stereocenters. The van der Waals surface area contributed by atoms with Gasteiger partial charge in [0.2, 0.25) is 0 Å². The van der Waals surface area contributed by atoms with Gasteiger partial charge in [0.1, 0.15) is 18.6 Å². The van der Waals surface area contributed by atoms with Crippen molar-refractivity contribution in [1.82, 2.24) is 10.6 Å². The Morgan fingerprint density at radius 3 is 2.54 bits per heavy atom. The summed E-state index contributed by atoms with van der Waals surface area (Å²) in [7, 11) is 0. The molecule has 1 aromatic rings. The van der Waals surface area contributed by atoms with E-state index in [4.69, 9.17) is 9.90 Å². The lowest BCUT2D eigenvalue weighted by Crippen LogP contribution is -2.41. The third-order valence-electron chi connectivity index (χ3n) is 4.21. The third kappa shape index (κ3) is 6.54. The molecule has 28 heavy (non-hydrogen) atoms. The summed E-state index contributed by atoms with van der Waals surface area (Å²) < 4.78 is 34.0. The van der Waals surface area contributed by atoms with E-state index in [1.54, 1.807) is 0 Å². The number of hydrogen-bond donors (Lipinski definition) is 2. The van der Waals surface area contributed by atoms with Crippen LogP contribution in [0.2, 0.25) is 0 Å². The molecule has 9 heteroatoms. The number of alkyl halides is 3. The van der Waals surface area contributed by atoms with Gasteiger partial charge in [-0.05, 0) is 24.3 Å². The second-order valence-electron chi connectivity index (χ2n) is 7.12. The minimum Gasteiger partial charge on any atom is -0.542 e. The first-order chi connectivity index (χ1) is 13.2. The molecule has 1 aromatic carbocycles. The summed E-state index contributed by atoms with van der Waals surface area (Å²) in [6, 6.07) is 11.1. The summed E-state index contributed by atoms with van der Waals surface area (Å²) >= 11 is 0. The van der Waals surface area contributed by atoms with E-state index in [1.807, 2.05) is 0 Å². The van der Waals surface area contributed by atoms with E-state index < -0.39 is 12.1 Å². The van der Waals surface area contributed by atoms with Gasteiger partial charge < -0.3 is 15.2 Å². The fourth-order valence-electron chi connectivity index (χ4n) is 2.92. The summed E-state index contributed by atoms with van der Waals surface area (Å²) in [5.41, 5.74) is 1.36. The van der Waals surface area contributed by atoms with Crippen molar-refractivity contribution in [2.75, 3.05) is 13.1 Å². The van der Waals surface area contributed by atoms with E-state index >= 15 is 0 Å². The van der Waals surface area contributed by atoms with Crippen molar-refractivity contribution in [3.05, 3.63) is 35.9 Å². The van der Waals surface area contributed by atoms with Crippen molar-refractivity contribution in [2.24, 2.45) is 10.9 Å². The first-order valence-electron chi connectivity index (χ1n) is 9.18. The Bertz CT molecular complexity index is 730. The van der Waals surface area contributed by atoms with Gasteiger partial charge in [-0.25, -0.2) is 10.3 Å². The molecule has 1 unspecified atom stereocenters. The minimum absolute atomic E-state index is 0.411. The lowest BCUT2D eigenvalue weighted by molar-refractivity contribution is -0.550. The number of benzene rings is 1. The number of halogens is 3. The van der Waals surface area contributed by atoms with Crippen molar-refractivity contribution in [3.63, 3.8) is 0 Å². The number of nitrogens with zero attached hydrogens (tertiary/aromatic N) is 2. The van der Waals surface area contributed by atoms with E-state index in [9.17, 15) is 13.2 Å².